The summed E-state index contributed by atoms with van der Waals surface area (Å²) in [6, 6.07) is 2.08. The number of amides is 1. The van der Waals surface area contributed by atoms with Gasteiger partial charge < -0.3 is 14.8 Å². The number of rotatable bonds is 5. The van der Waals surface area contributed by atoms with Gasteiger partial charge in [0, 0.05) is 25.8 Å². The lowest BCUT2D eigenvalue weighted by Gasteiger charge is -2.35. The van der Waals surface area contributed by atoms with Crippen molar-refractivity contribution in [1.29, 1.82) is 0 Å². The third kappa shape index (κ3) is 4.05. The molecule has 1 saturated heterocycles. The zero-order valence-corrected chi connectivity index (χ0v) is 13.1. The van der Waals surface area contributed by atoms with Gasteiger partial charge in [0.25, 0.3) is 0 Å². The number of carbonyl (C=O) groups is 1. The minimum Gasteiger partial charge on any atom is -0.356 e. The van der Waals surface area contributed by atoms with E-state index in [1.165, 1.54) is 5.56 Å². The molecule has 0 bridgehead atoms. The summed E-state index contributed by atoms with van der Waals surface area (Å²) in [6.45, 7) is 2.24. The molecule has 5 heteroatoms. The van der Waals surface area contributed by atoms with E-state index in [1.807, 2.05) is 0 Å². The van der Waals surface area contributed by atoms with Crippen LogP contribution in [0, 0.1) is 5.92 Å². The van der Waals surface area contributed by atoms with E-state index < -0.39 is 0 Å². The van der Waals surface area contributed by atoms with Gasteiger partial charge in [-0.2, -0.15) is 11.3 Å². The average Bonchev–Trinajstić information content (AvgIpc) is 3.17. The number of thiophene rings is 1. The van der Waals surface area contributed by atoms with E-state index in [2.05, 4.69) is 22.1 Å². The van der Waals surface area contributed by atoms with Crippen molar-refractivity contribution >= 4 is 17.2 Å². The van der Waals surface area contributed by atoms with Gasteiger partial charge in [-0.3, -0.25) is 4.79 Å². The second kappa shape index (κ2) is 6.90. The molecule has 116 valence electrons. The van der Waals surface area contributed by atoms with Gasteiger partial charge in [0.15, 0.2) is 5.79 Å². The number of hydrogen-bond acceptors (Lipinski definition) is 4. The van der Waals surface area contributed by atoms with Crippen molar-refractivity contribution in [2.24, 2.45) is 5.92 Å². The Morgan fingerprint density at radius 1 is 1.33 bits per heavy atom. The molecule has 1 aliphatic heterocycles. The Morgan fingerprint density at radius 2 is 2.10 bits per heavy atom. The maximum atomic E-state index is 11.9. The predicted octanol–water partition coefficient (Wildman–Crippen LogP) is 2.73. The number of aryl methyl sites for hydroxylation is 1. The van der Waals surface area contributed by atoms with Crippen LogP contribution in [-0.2, 0) is 20.7 Å². The van der Waals surface area contributed by atoms with Gasteiger partial charge in [-0.25, -0.2) is 0 Å². The van der Waals surface area contributed by atoms with Gasteiger partial charge in [0.2, 0.25) is 5.91 Å². The minimum atomic E-state index is -0.292. The van der Waals surface area contributed by atoms with Crippen LogP contribution in [0.25, 0.3) is 0 Å². The molecular weight excluding hydrogens is 286 g/mol. The molecule has 0 atom stereocenters. The fourth-order valence-corrected chi connectivity index (χ4v) is 3.85. The van der Waals surface area contributed by atoms with Gasteiger partial charge >= 0.3 is 0 Å². The van der Waals surface area contributed by atoms with Crippen LogP contribution in [0.1, 0.15) is 37.7 Å². The summed E-state index contributed by atoms with van der Waals surface area (Å²) < 4.78 is 11.5. The molecule has 1 aromatic heterocycles. The number of carbonyl (C=O) groups excluding carboxylic acids is 1. The fraction of sp³-hybridized carbons (Fsp3) is 0.688. The Kier molecular flexibility index (Phi) is 4.93. The van der Waals surface area contributed by atoms with Crippen molar-refractivity contribution in [1.82, 2.24) is 5.32 Å². The van der Waals surface area contributed by atoms with E-state index in [-0.39, 0.29) is 11.7 Å². The van der Waals surface area contributed by atoms with Gasteiger partial charge in [0.05, 0.1) is 13.2 Å². The second-order valence-corrected chi connectivity index (χ2v) is 6.77. The number of hydrogen-bond donors (Lipinski definition) is 1. The maximum Gasteiger partial charge on any atom is 0.220 e. The molecule has 2 aliphatic rings. The van der Waals surface area contributed by atoms with Gasteiger partial charge in [0.1, 0.15) is 0 Å². The summed E-state index contributed by atoms with van der Waals surface area (Å²) in [4.78, 5) is 11.9. The highest BCUT2D eigenvalue weighted by atomic mass is 32.1. The average molecular weight is 309 g/mol. The Labute approximate surface area is 129 Å². The standard InChI is InChI=1S/C16H23NO3S/c18-15(2-1-14-5-10-21-12-14)17-11-13-3-6-16(7-4-13)19-8-9-20-16/h5,10,12-13H,1-4,6-9,11H2,(H,17,18). The molecule has 1 amide bonds. The first-order valence-electron chi connectivity index (χ1n) is 7.81. The lowest BCUT2D eigenvalue weighted by molar-refractivity contribution is -0.182. The lowest BCUT2D eigenvalue weighted by Crippen LogP contribution is -2.38. The summed E-state index contributed by atoms with van der Waals surface area (Å²) in [5, 5.41) is 7.24. The van der Waals surface area contributed by atoms with Crippen LogP contribution in [0.15, 0.2) is 16.8 Å². The van der Waals surface area contributed by atoms with E-state index in [9.17, 15) is 4.79 Å². The molecule has 1 aromatic rings. The second-order valence-electron chi connectivity index (χ2n) is 5.99. The molecule has 1 aliphatic carbocycles. The highest BCUT2D eigenvalue weighted by Gasteiger charge is 2.40. The van der Waals surface area contributed by atoms with E-state index in [0.717, 1.165) is 51.9 Å². The van der Waals surface area contributed by atoms with E-state index >= 15 is 0 Å². The van der Waals surface area contributed by atoms with Crippen molar-refractivity contribution in [2.45, 2.75) is 44.3 Å². The summed E-state index contributed by atoms with van der Waals surface area (Å²) in [7, 11) is 0. The molecular formula is C16H23NO3S. The molecule has 21 heavy (non-hydrogen) atoms. The lowest BCUT2D eigenvalue weighted by atomic mass is 9.85. The Bertz CT molecular complexity index is 444. The van der Waals surface area contributed by atoms with Crippen LogP contribution in [0.2, 0.25) is 0 Å². The van der Waals surface area contributed by atoms with Crippen molar-refractivity contribution < 1.29 is 14.3 Å². The molecule has 4 nitrogen and oxygen atoms in total. The predicted molar refractivity (Wildman–Crippen MR) is 82.2 cm³/mol. The first-order valence-corrected chi connectivity index (χ1v) is 8.76. The molecule has 0 unspecified atom stereocenters. The van der Waals surface area contributed by atoms with Gasteiger partial charge in [-0.05, 0) is 47.6 Å². The molecule has 0 radical (unpaired) electrons. The van der Waals surface area contributed by atoms with Crippen molar-refractivity contribution in [3.05, 3.63) is 22.4 Å². The van der Waals surface area contributed by atoms with Crippen molar-refractivity contribution in [3.8, 4) is 0 Å². The summed E-state index contributed by atoms with van der Waals surface area (Å²) >= 11 is 1.68. The molecule has 2 fully saturated rings. The van der Waals surface area contributed by atoms with Crippen LogP contribution in [0.5, 0.6) is 0 Å². The minimum absolute atomic E-state index is 0.162. The third-order valence-corrected chi connectivity index (χ3v) is 5.22. The van der Waals surface area contributed by atoms with E-state index in [0.29, 0.717) is 12.3 Å². The largest absolute Gasteiger partial charge is 0.356 e. The van der Waals surface area contributed by atoms with Gasteiger partial charge in [-0.1, -0.05) is 0 Å². The molecule has 0 aromatic carbocycles. The van der Waals surface area contributed by atoms with Crippen LogP contribution >= 0.6 is 11.3 Å². The van der Waals surface area contributed by atoms with Crippen LogP contribution in [-0.4, -0.2) is 31.5 Å². The van der Waals surface area contributed by atoms with Crippen molar-refractivity contribution in [2.75, 3.05) is 19.8 Å². The van der Waals surface area contributed by atoms with E-state index in [4.69, 9.17) is 9.47 Å². The molecule has 1 N–H and O–H groups in total. The molecule has 3 rings (SSSR count). The third-order valence-electron chi connectivity index (χ3n) is 4.49. The first kappa shape index (κ1) is 15.0. The van der Waals surface area contributed by atoms with Gasteiger partial charge in [-0.15, -0.1) is 0 Å². The Morgan fingerprint density at radius 3 is 2.76 bits per heavy atom. The highest BCUT2D eigenvalue weighted by Crippen LogP contribution is 2.37. The smallest absolute Gasteiger partial charge is 0.220 e. The first-order chi connectivity index (χ1) is 10.3. The molecule has 1 spiro atoms. The molecule has 2 heterocycles. The molecule has 1 saturated carbocycles. The number of nitrogens with one attached hydrogen (secondary N) is 1. The quantitative estimate of drug-likeness (QED) is 0.910. The SMILES string of the molecule is O=C(CCc1ccsc1)NCC1CCC2(CC1)OCCO2. The topological polar surface area (TPSA) is 47.6 Å². The maximum absolute atomic E-state index is 11.9. The fourth-order valence-electron chi connectivity index (χ4n) is 3.15. The summed E-state index contributed by atoms with van der Waals surface area (Å²) in [5.41, 5.74) is 1.25. The Hall–Kier alpha value is -0.910. The zero-order valence-electron chi connectivity index (χ0n) is 12.3. The van der Waals surface area contributed by atoms with Crippen LogP contribution < -0.4 is 5.32 Å². The summed E-state index contributed by atoms with van der Waals surface area (Å²) in [6.07, 6.45) is 5.49. The monoisotopic (exact) mass is 309 g/mol. The van der Waals surface area contributed by atoms with Crippen LogP contribution in [0.4, 0.5) is 0 Å². The van der Waals surface area contributed by atoms with E-state index in [1.54, 1.807) is 11.3 Å². The highest BCUT2D eigenvalue weighted by molar-refractivity contribution is 7.07. The zero-order chi connectivity index (χ0) is 14.5. The normalized spacial score (nSPS) is 21.7. The van der Waals surface area contributed by atoms with Crippen molar-refractivity contribution in [3.63, 3.8) is 0 Å². The summed E-state index contributed by atoms with van der Waals surface area (Å²) in [5.74, 6) is 0.433. The number of ether oxygens (including phenoxy) is 2. The van der Waals surface area contributed by atoms with Crippen LogP contribution in [0.3, 0.4) is 0 Å². The Balaban J connectivity index is 1.33.